The topological polar surface area (TPSA) is 84.6 Å². The Kier molecular flexibility index (Phi) is 5.98. The Morgan fingerprint density at radius 3 is 2.50 bits per heavy atom. The molecule has 8 heteroatoms. The average Bonchev–Trinajstić information content (AvgIpc) is 3.19. The van der Waals surface area contributed by atoms with E-state index in [1.807, 2.05) is 6.07 Å². The van der Waals surface area contributed by atoms with Crippen LogP contribution >= 0.6 is 0 Å². The van der Waals surface area contributed by atoms with Crippen LogP contribution in [0.25, 0.3) is 0 Å². The van der Waals surface area contributed by atoms with Crippen LogP contribution in [-0.2, 0) is 10.2 Å². The molecular formula is C20H29N5O3. The largest absolute Gasteiger partial charge is 0.462 e. The third kappa shape index (κ3) is 4.49. The first-order chi connectivity index (χ1) is 13.3. The van der Waals surface area contributed by atoms with Crippen molar-refractivity contribution in [2.24, 2.45) is 0 Å². The molecule has 0 aromatic carbocycles. The van der Waals surface area contributed by atoms with Crippen molar-refractivity contribution in [1.29, 1.82) is 0 Å². The zero-order valence-electron chi connectivity index (χ0n) is 17.3. The molecule has 0 saturated carbocycles. The number of hydrogen-bond acceptors (Lipinski definition) is 8. The second kappa shape index (κ2) is 8.26. The van der Waals surface area contributed by atoms with Gasteiger partial charge in [-0.3, -0.25) is 4.90 Å². The van der Waals surface area contributed by atoms with Crippen LogP contribution in [0, 0.1) is 0 Å². The molecule has 1 aliphatic rings. The number of esters is 1. The molecule has 3 rings (SSSR count). The smallest absolute Gasteiger partial charge is 0.339 e. The normalized spacial score (nSPS) is 16.8. The molecule has 1 saturated heterocycles. The van der Waals surface area contributed by atoms with Crippen LogP contribution in [0.3, 0.4) is 0 Å². The molecule has 0 spiro atoms. The molecule has 2 aromatic rings. The van der Waals surface area contributed by atoms with Gasteiger partial charge in [0.15, 0.2) is 5.82 Å². The van der Waals surface area contributed by atoms with Crippen molar-refractivity contribution in [3.8, 4) is 0 Å². The minimum absolute atomic E-state index is 0.0740. The van der Waals surface area contributed by atoms with Crippen molar-refractivity contribution in [2.75, 3.05) is 37.7 Å². The van der Waals surface area contributed by atoms with E-state index in [-0.39, 0.29) is 17.4 Å². The predicted octanol–water partition coefficient (Wildman–Crippen LogP) is 2.82. The lowest BCUT2D eigenvalue weighted by Gasteiger charge is -2.37. The highest BCUT2D eigenvalue weighted by molar-refractivity contribution is 5.89. The molecule has 0 bridgehead atoms. The van der Waals surface area contributed by atoms with Gasteiger partial charge in [0.1, 0.15) is 5.82 Å². The van der Waals surface area contributed by atoms with Crippen molar-refractivity contribution in [3.63, 3.8) is 0 Å². The summed E-state index contributed by atoms with van der Waals surface area (Å²) in [6, 6.07) is 3.71. The average molecular weight is 387 g/mol. The van der Waals surface area contributed by atoms with Gasteiger partial charge in [-0.05, 0) is 26.0 Å². The fraction of sp³-hybridized carbons (Fsp3) is 0.600. The number of rotatable bonds is 5. The van der Waals surface area contributed by atoms with E-state index in [9.17, 15) is 4.79 Å². The highest BCUT2D eigenvalue weighted by atomic mass is 16.5. The molecule has 152 valence electrons. The van der Waals surface area contributed by atoms with Gasteiger partial charge in [0.25, 0.3) is 0 Å². The van der Waals surface area contributed by atoms with Gasteiger partial charge >= 0.3 is 5.97 Å². The molecule has 0 radical (unpaired) electrons. The molecule has 8 nitrogen and oxygen atoms in total. The summed E-state index contributed by atoms with van der Waals surface area (Å²) < 4.78 is 10.5. The summed E-state index contributed by atoms with van der Waals surface area (Å²) in [6.07, 6.45) is 1.58. The molecule has 0 amide bonds. The maximum Gasteiger partial charge on any atom is 0.339 e. The van der Waals surface area contributed by atoms with E-state index in [1.54, 1.807) is 19.2 Å². The maximum atomic E-state index is 11.7. The molecule has 0 unspecified atom stereocenters. The number of nitrogens with zero attached hydrogens (tertiary/aromatic N) is 5. The lowest BCUT2D eigenvalue weighted by molar-refractivity contribution is 0.0526. The number of ether oxygens (including phenoxy) is 1. The zero-order valence-corrected chi connectivity index (χ0v) is 17.3. The number of carbonyl (C=O) groups excluding carboxylic acids is 1. The molecule has 1 atom stereocenters. The van der Waals surface area contributed by atoms with E-state index in [4.69, 9.17) is 9.26 Å². The predicted molar refractivity (Wildman–Crippen MR) is 105 cm³/mol. The lowest BCUT2D eigenvalue weighted by atomic mass is 9.96. The summed E-state index contributed by atoms with van der Waals surface area (Å²) in [7, 11) is 0. The third-order valence-electron chi connectivity index (χ3n) is 4.91. The van der Waals surface area contributed by atoms with Crippen LogP contribution in [0.15, 0.2) is 22.9 Å². The molecule has 1 fully saturated rings. The van der Waals surface area contributed by atoms with Crippen LogP contribution in [-0.4, -0.2) is 58.8 Å². The van der Waals surface area contributed by atoms with E-state index < -0.39 is 0 Å². The Morgan fingerprint density at radius 1 is 1.25 bits per heavy atom. The number of pyridine rings is 1. The van der Waals surface area contributed by atoms with Crippen molar-refractivity contribution < 1.29 is 14.1 Å². The summed E-state index contributed by atoms with van der Waals surface area (Å²) in [5.41, 5.74) is 0.352. The van der Waals surface area contributed by atoms with Crippen molar-refractivity contribution in [1.82, 2.24) is 20.0 Å². The van der Waals surface area contributed by atoms with E-state index in [0.717, 1.165) is 37.8 Å². The van der Waals surface area contributed by atoms with Crippen molar-refractivity contribution in [3.05, 3.63) is 35.6 Å². The maximum absolute atomic E-state index is 11.7. The van der Waals surface area contributed by atoms with Crippen molar-refractivity contribution >= 4 is 11.8 Å². The minimum Gasteiger partial charge on any atom is -0.462 e. The monoisotopic (exact) mass is 387 g/mol. The fourth-order valence-electron chi connectivity index (χ4n) is 3.11. The summed E-state index contributed by atoms with van der Waals surface area (Å²) >= 11 is 0. The molecule has 0 N–H and O–H groups in total. The van der Waals surface area contributed by atoms with Crippen LogP contribution in [0.5, 0.6) is 0 Å². The fourth-order valence-corrected chi connectivity index (χ4v) is 3.11. The highest BCUT2D eigenvalue weighted by Gasteiger charge is 2.28. The molecule has 28 heavy (non-hydrogen) atoms. The van der Waals surface area contributed by atoms with Gasteiger partial charge in [-0.2, -0.15) is 4.98 Å². The van der Waals surface area contributed by atoms with Gasteiger partial charge in [0.2, 0.25) is 5.89 Å². The second-order valence-corrected chi connectivity index (χ2v) is 8.03. The Hall–Kier alpha value is -2.48. The van der Waals surface area contributed by atoms with Gasteiger partial charge in [0.05, 0.1) is 18.2 Å². The van der Waals surface area contributed by atoms with Crippen LogP contribution in [0.4, 0.5) is 5.82 Å². The van der Waals surface area contributed by atoms with E-state index in [2.05, 4.69) is 52.6 Å². The van der Waals surface area contributed by atoms with Gasteiger partial charge < -0.3 is 14.2 Å². The first-order valence-corrected chi connectivity index (χ1v) is 9.76. The highest BCUT2D eigenvalue weighted by Crippen LogP contribution is 2.25. The van der Waals surface area contributed by atoms with Gasteiger partial charge in [-0.1, -0.05) is 25.9 Å². The number of aromatic nitrogens is 3. The van der Waals surface area contributed by atoms with Gasteiger partial charge in [-0.15, -0.1) is 0 Å². The first-order valence-electron chi connectivity index (χ1n) is 9.76. The number of hydrogen-bond donors (Lipinski definition) is 0. The lowest BCUT2D eigenvalue weighted by Crippen LogP contribution is -2.47. The Bertz CT molecular complexity index is 789. The molecule has 1 aliphatic heterocycles. The minimum atomic E-state index is -0.339. The second-order valence-electron chi connectivity index (χ2n) is 8.03. The number of anilines is 1. The summed E-state index contributed by atoms with van der Waals surface area (Å²) in [4.78, 5) is 25.3. The Balaban J connectivity index is 1.58. The Morgan fingerprint density at radius 2 is 1.96 bits per heavy atom. The quantitative estimate of drug-likeness (QED) is 0.724. The molecule has 0 aliphatic carbocycles. The van der Waals surface area contributed by atoms with Crippen LogP contribution < -0.4 is 4.90 Å². The Labute approximate surface area is 165 Å². The first kappa shape index (κ1) is 20.3. The van der Waals surface area contributed by atoms with E-state index in [1.165, 1.54) is 0 Å². The third-order valence-corrected chi connectivity index (χ3v) is 4.91. The summed E-state index contributed by atoms with van der Waals surface area (Å²) in [5.74, 6) is 1.93. The standard InChI is InChI=1S/C20H29N5O3/c1-6-27-18(26)15-7-8-16(21-13-15)25-11-9-24(10-12-25)14(2)17-22-19(23-28-17)20(3,4)5/h7-8,13-14H,6,9-12H2,1-5H3/t14-/m0/s1. The number of piperazine rings is 1. The molecular weight excluding hydrogens is 358 g/mol. The van der Waals surface area contributed by atoms with Crippen LogP contribution in [0.1, 0.15) is 62.7 Å². The van der Waals surface area contributed by atoms with Crippen molar-refractivity contribution in [2.45, 2.75) is 46.1 Å². The van der Waals surface area contributed by atoms with E-state index >= 15 is 0 Å². The summed E-state index contributed by atoms with van der Waals surface area (Å²) in [6.45, 7) is 13.9. The summed E-state index contributed by atoms with van der Waals surface area (Å²) in [5, 5.41) is 4.13. The van der Waals surface area contributed by atoms with Crippen LogP contribution in [0.2, 0.25) is 0 Å². The van der Waals surface area contributed by atoms with Gasteiger partial charge in [0, 0.05) is 37.8 Å². The molecule has 2 aromatic heterocycles. The molecule has 3 heterocycles. The number of carbonyl (C=O) groups is 1. The SMILES string of the molecule is CCOC(=O)c1ccc(N2CCN([C@@H](C)c3nc(C(C)(C)C)no3)CC2)nc1. The van der Waals surface area contributed by atoms with Gasteiger partial charge in [-0.25, -0.2) is 9.78 Å². The van der Waals surface area contributed by atoms with E-state index in [0.29, 0.717) is 18.1 Å². The zero-order chi connectivity index (χ0) is 20.3.